The molecule has 29 heavy (non-hydrogen) atoms. The van der Waals surface area contributed by atoms with E-state index in [1.54, 1.807) is 0 Å². The second-order valence-electron chi connectivity index (χ2n) is 8.21. The predicted molar refractivity (Wildman–Crippen MR) is 123 cm³/mol. The first kappa shape index (κ1) is 23.3. The van der Waals surface area contributed by atoms with Gasteiger partial charge in [-0.2, -0.15) is 0 Å². The van der Waals surface area contributed by atoms with Crippen LogP contribution in [-0.2, 0) is 11.2 Å². The van der Waals surface area contributed by atoms with Gasteiger partial charge < -0.3 is 10.1 Å². The number of H-pyrrole nitrogens is 1. The van der Waals surface area contributed by atoms with Crippen molar-refractivity contribution >= 4 is 16.9 Å². The van der Waals surface area contributed by atoms with Crippen molar-refractivity contribution in [2.75, 3.05) is 0 Å². The SMILES string of the molecule is O=C(O)CCCCCCC/C=C/CCCCCCCCc1cc2ccccc2[nH]1. The van der Waals surface area contributed by atoms with E-state index in [2.05, 4.69) is 47.5 Å². The van der Waals surface area contributed by atoms with Crippen molar-refractivity contribution < 1.29 is 9.90 Å². The zero-order valence-electron chi connectivity index (χ0n) is 18.0. The quantitative estimate of drug-likeness (QED) is 0.211. The number of carboxylic acid groups (broad SMARTS) is 1. The van der Waals surface area contributed by atoms with Gasteiger partial charge in [-0.3, -0.25) is 4.79 Å². The second-order valence-corrected chi connectivity index (χ2v) is 8.21. The molecule has 3 nitrogen and oxygen atoms in total. The second kappa shape index (κ2) is 14.9. The molecule has 2 rings (SSSR count). The molecule has 0 saturated heterocycles. The molecule has 0 aliphatic carbocycles. The number of aryl methyl sites for hydroxylation is 1. The van der Waals surface area contributed by atoms with E-state index >= 15 is 0 Å². The number of nitrogens with one attached hydrogen (secondary N) is 1. The topological polar surface area (TPSA) is 53.1 Å². The lowest BCUT2D eigenvalue weighted by Gasteiger charge is -2.01. The number of aromatic amines is 1. The van der Waals surface area contributed by atoms with Crippen LogP contribution in [0.15, 0.2) is 42.5 Å². The van der Waals surface area contributed by atoms with Crippen LogP contribution in [0, 0.1) is 0 Å². The molecular weight excluding hydrogens is 358 g/mol. The molecule has 0 atom stereocenters. The minimum absolute atomic E-state index is 0.323. The molecule has 0 aliphatic rings. The van der Waals surface area contributed by atoms with Gasteiger partial charge in [0.05, 0.1) is 0 Å². The van der Waals surface area contributed by atoms with Gasteiger partial charge in [0, 0.05) is 17.6 Å². The van der Waals surface area contributed by atoms with E-state index < -0.39 is 5.97 Å². The van der Waals surface area contributed by atoms with Crippen LogP contribution in [0.4, 0.5) is 0 Å². The molecular formula is C26H39NO2. The number of para-hydroxylation sites is 1. The van der Waals surface area contributed by atoms with Crippen LogP contribution in [0.25, 0.3) is 10.9 Å². The van der Waals surface area contributed by atoms with Gasteiger partial charge in [-0.1, -0.05) is 75.3 Å². The Kier molecular flexibility index (Phi) is 11.9. The van der Waals surface area contributed by atoms with E-state index in [4.69, 9.17) is 5.11 Å². The molecule has 160 valence electrons. The lowest BCUT2D eigenvalue weighted by atomic mass is 10.1. The Morgan fingerprint density at radius 1 is 0.793 bits per heavy atom. The Hall–Kier alpha value is -2.03. The number of hydrogen-bond acceptors (Lipinski definition) is 1. The largest absolute Gasteiger partial charge is 0.481 e. The molecule has 0 saturated carbocycles. The van der Waals surface area contributed by atoms with Gasteiger partial charge in [-0.15, -0.1) is 0 Å². The van der Waals surface area contributed by atoms with Crippen molar-refractivity contribution in [2.24, 2.45) is 0 Å². The van der Waals surface area contributed by atoms with E-state index in [1.165, 1.54) is 87.2 Å². The summed E-state index contributed by atoms with van der Waals surface area (Å²) in [5, 5.41) is 9.91. The summed E-state index contributed by atoms with van der Waals surface area (Å²) >= 11 is 0. The van der Waals surface area contributed by atoms with Crippen molar-refractivity contribution in [1.82, 2.24) is 4.98 Å². The molecule has 1 heterocycles. The molecule has 0 spiro atoms. The fourth-order valence-electron chi connectivity index (χ4n) is 3.86. The minimum Gasteiger partial charge on any atom is -0.481 e. The van der Waals surface area contributed by atoms with Crippen LogP contribution >= 0.6 is 0 Å². The summed E-state index contributed by atoms with van der Waals surface area (Å²) in [4.78, 5) is 13.9. The molecule has 3 heteroatoms. The predicted octanol–water partition coefficient (Wildman–Crippen LogP) is 7.81. The maximum absolute atomic E-state index is 10.4. The third-order valence-corrected chi connectivity index (χ3v) is 5.58. The van der Waals surface area contributed by atoms with Crippen LogP contribution in [0.2, 0.25) is 0 Å². The molecule has 0 amide bonds. The Balaban J connectivity index is 1.33. The fourth-order valence-corrected chi connectivity index (χ4v) is 3.86. The highest BCUT2D eigenvalue weighted by Crippen LogP contribution is 2.17. The maximum Gasteiger partial charge on any atom is 0.303 e. The van der Waals surface area contributed by atoms with E-state index in [0.29, 0.717) is 6.42 Å². The molecule has 0 radical (unpaired) electrons. The first-order valence-corrected chi connectivity index (χ1v) is 11.7. The summed E-state index contributed by atoms with van der Waals surface area (Å²) < 4.78 is 0. The first-order valence-electron chi connectivity index (χ1n) is 11.7. The van der Waals surface area contributed by atoms with E-state index in [9.17, 15) is 4.79 Å². The van der Waals surface area contributed by atoms with E-state index in [1.807, 2.05) is 0 Å². The monoisotopic (exact) mass is 397 g/mol. The van der Waals surface area contributed by atoms with Crippen LogP contribution < -0.4 is 0 Å². The normalized spacial score (nSPS) is 11.6. The zero-order valence-corrected chi connectivity index (χ0v) is 18.0. The summed E-state index contributed by atoms with van der Waals surface area (Å²) in [6, 6.07) is 10.8. The highest BCUT2D eigenvalue weighted by Gasteiger charge is 2.00. The van der Waals surface area contributed by atoms with Crippen molar-refractivity contribution in [3.8, 4) is 0 Å². The molecule has 2 aromatic rings. The zero-order chi connectivity index (χ0) is 20.6. The van der Waals surface area contributed by atoms with Crippen LogP contribution in [0.3, 0.4) is 0 Å². The number of benzene rings is 1. The molecule has 1 aromatic heterocycles. The van der Waals surface area contributed by atoms with Gasteiger partial charge in [-0.05, 0) is 62.5 Å². The van der Waals surface area contributed by atoms with Gasteiger partial charge in [0.25, 0.3) is 0 Å². The number of fused-ring (bicyclic) bond motifs is 1. The van der Waals surface area contributed by atoms with Crippen LogP contribution in [0.5, 0.6) is 0 Å². The van der Waals surface area contributed by atoms with Gasteiger partial charge in [0.15, 0.2) is 0 Å². The summed E-state index contributed by atoms with van der Waals surface area (Å²) in [5.41, 5.74) is 2.63. The van der Waals surface area contributed by atoms with Crippen molar-refractivity contribution in [1.29, 1.82) is 0 Å². The Labute approximate surface area is 176 Å². The number of hydrogen-bond donors (Lipinski definition) is 2. The van der Waals surface area contributed by atoms with E-state index in [-0.39, 0.29) is 0 Å². The van der Waals surface area contributed by atoms with Crippen molar-refractivity contribution in [3.63, 3.8) is 0 Å². The summed E-state index contributed by atoms with van der Waals surface area (Å²) in [5.74, 6) is -0.668. The lowest BCUT2D eigenvalue weighted by Crippen LogP contribution is -1.93. The first-order chi connectivity index (χ1) is 14.3. The van der Waals surface area contributed by atoms with Crippen molar-refractivity contribution in [3.05, 3.63) is 48.2 Å². The molecule has 0 unspecified atom stereocenters. The standard InChI is InChI=1S/C26H39NO2/c28-26(29)21-15-13-11-9-7-5-3-1-2-4-6-8-10-12-14-19-24-22-23-18-16-17-20-25(23)27-24/h1,3,16-18,20,22,27H,2,4-15,19,21H2,(H,28,29)/b3-1+. The van der Waals surface area contributed by atoms with E-state index in [0.717, 1.165) is 19.3 Å². The maximum atomic E-state index is 10.4. The Bertz CT molecular complexity index is 683. The number of carboxylic acids is 1. The Morgan fingerprint density at radius 3 is 2.03 bits per heavy atom. The molecule has 2 N–H and O–H groups in total. The van der Waals surface area contributed by atoms with Crippen LogP contribution in [-0.4, -0.2) is 16.1 Å². The summed E-state index contributed by atoms with van der Waals surface area (Å²) in [7, 11) is 0. The van der Waals surface area contributed by atoms with Crippen molar-refractivity contribution in [2.45, 2.75) is 96.3 Å². The smallest absolute Gasteiger partial charge is 0.303 e. The third-order valence-electron chi connectivity index (χ3n) is 5.58. The highest BCUT2D eigenvalue weighted by molar-refractivity contribution is 5.80. The number of rotatable bonds is 17. The van der Waals surface area contributed by atoms with Gasteiger partial charge in [0.2, 0.25) is 0 Å². The molecule has 0 fully saturated rings. The highest BCUT2D eigenvalue weighted by atomic mass is 16.4. The number of aromatic nitrogens is 1. The number of allylic oxidation sites excluding steroid dienone is 2. The Morgan fingerprint density at radius 2 is 1.38 bits per heavy atom. The number of aliphatic carboxylic acids is 1. The lowest BCUT2D eigenvalue weighted by molar-refractivity contribution is -0.137. The number of carbonyl (C=O) groups is 1. The van der Waals surface area contributed by atoms with Gasteiger partial charge in [0.1, 0.15) is 0 Å². The molecule has 0 bridgehead atoms. The fraction of sp³-hybridized carbons (Fsp3) is 0.577. The van der Waals surface area contributed by atoms with Gasteiger partial charge >= 0.3 is 5.97 Å². The van der Waals surface area contributed by atoms with Gasteiger partial charge in [-0.25, -0.2) is 0 Å². The average Bonchev–Trinajstić information content (AvgIpc) is 3.13. The minimum atomic E-state index is -0.668. The third kappa shape index (κ3) is 10.9. The summed E-state index contributed by atoms with van der Waals surface area (Å²) in [6.07, 6.45) is 22.0. The average molecular weight is 398 g/mol. The molecule has 1 aromatic carbocycles. The summed E-state index contributed by atoms with van der Waals surface area (Å²) in [6.45, 7) is 0. The van der Waals surface area contributed by atoms with Crippen LogP contribution in [0.1, 0.15) is 95.6 Å². The number of unbranched alkanes of at least 4 members (excludes halogenated alkanes) is 11. The molecule has 0 aliphatic heterocycles.